The van der Waals surface area contributed by atoms with Crippen molar-refractivity contribution >= 4 is 11.6 Å². The van der Waals surface area contributed by atoms with Crippen molar-refractivity contribution in [2.24, 2.45) is 5.92 Å². The summed E-state index contributed by atoms with van der Waals surface area (Å²) in [4.78, 5) is 2.51. The SMILES string of the molecule is COc1ccc(C)cc1CN1CCC(C(C)Cl)CC1. The highest BCUT2D eigenvalue weighted by Gasteiger charge is 2.23. The van der Waals surface area contributed by atoms with E-state index in [0.29, 0.717) is 11.3 Å². The minimum atomic E-state index is 0.302. The number of methoxy groups -OCH3 is 1. The minimum absolute atomic E-state index is 0.302. The molecule has 1 heterocycles. The van der Waals surface area contributed by atoms with Gasteiger partial charge in [0.15, 0.2) is 0 Å². The molecule has 19 heavy (non-hydrogen) atoms. The molecule has 1 unspecified atom stereocenters. The molecule has 1 aliphatic heterocycles. The third-order valence-corrected chi connectivity index (χ3v) is 4.47. The zero-order chi connectivity index (χ0) is 13.8. The van der Waals surface area contributed by atoms with Gasteiger partial charge in [0, 0.05) is 17.5 Å². The Balaban J connectivity index is 1.97. The van der Waals surface area contributed by atoms with Crippen molar-refractivity contribution < 1.29 is 4.74 Å². The van der Waals surface area contributed by atoms with E-state index in [1.54, 1.807) is 7.11 Å². The Morgan fingerprint density at radius 1 is 1.37 bits per heavy atom. The Hall–Kier alpha value is -0.730. The lowest BCUT2D eigenvalue weighted by atomic mass is 9.93. The van der Waals surface area contributed by atoms with Crippen LogP contribution in [0.15, 0.2) is 18.2 Å². The normalized spacial score (nSPS) is 19.4. The summed E-state index contributed by atoms with van der Waals surface area (Å²) in [7, 11) is 1.75. The van der Waals surface area contributed by atoms with Crippen molar-refractivity contribution in [3.05, 3.63) is 29.3 Å². The molecule has 1 aromatic carbocycles. The van der Waals surface area contributed by atoms with Crippen molar-refractivity contribution in [3.63, 3.8) is 0 Å². The summed E-state index contributed by atoms with van der Waals surface area (Å²) in [5.41, 5.74) is 2.58. The van der Waals surface area contributed by atoms with Crippen LogP contribution in [0.3, 0.4) is 0 Å². The van der Waals surface area contributed by atoms with Crippen molar-refractivity contribution in [3.8, 4) is 5.75 Å². The minimum Gasteiger partial charge on any atom is -0.496 e. The Bertz CT molecular complexity index is 411. The molecule has 0 spiro atoms. The number of likely N-dealkylation sites (tertiary alicyclic amines) is 1. The fourth-order valence-corrected chi connectivity index (χ4v) is 3.09. The van der Waals surface area contributed by atoms with Crippen LogP contribution in [0.5, 0.6) is 5.75 Å². The molecule has 2 nitrogen and oxygen atoms in total. The lowest BCUT2D eigenvalue weighted by molar-refractivity contribution is 0.175. The predicted octanol–water partition coefficient (Wildman–Crippen LogP) is 3.84. The topological polar surface area (TPSA) is 12.5 Å². The second-order valence-corrected chi connectivity index (χ2v) is 6.29. The lowest BCUT2D eigenvalue weighted by Crippen LogP contribution is -2.35. The van der Waals surface area contributed by atoms with Crippen LogP contribution in [0.1, 0.15) is 30.9 Å². The molecule has 0 bridgehead atoms. The molecule has 3 heteroatoms. The smallest absolute Gasteiger partial charge is 0.123 e. The standard InChI is InChI=1S/C16H24ClNO/c1-12-4-5-16(19-3)15(10-12)11-18-8-6-14(7-9-18)13(2)17/h4-5,10,13-14H,6-9,11H2,1-3H3. The largest absolute Gasteiger partial charge is 0.496 e. The van der Waals surface area contributed by atoms with E-state index in [-0.39, 0.29) is 0 Å². The Morgan fingerprint density at radius 3 is 2.63 bits per heavy atom. The maximum atomic E-state index is 6.19. The highest BCUT2D eigenvalue weighted by Crippen LogP contribution is 2.27. The molecule has 0 aromatic heterocycles. The van der Waals surface area contributed by atoms with Gasteiger partial charge in [-0.25, -0.2) is 0 Å². The van der Waals surface area contributed by atoms with E-state index in [4.69, 9.17) is 16.3 Å². The molecular formula is C16H24ClNO. The van der Waals surface area contributed by atoms with Crippen molar-refractivity contribution in [1.82, 2.24) is 4.90 Å². The first-order valence-corrected chi connectivity index (χ1v) is 7.53. The lowest BCUT2D eigenvalue weighted by Gasteiger charge is -2.33. The number of piperidine rings is 1. The Morgan fingerprint density at radius 2 is 2.05 bits per heavy atom. The van der Waals surface area contributed by atoms with Gasteiger partial charge >= 0.3 is 0 Å². The Kier molecular flexibility index (Phi) is 5.12. The third-order valence-electron chi connectivity index (χ3n) is 4.11. The first kappa shape index (κ1) is 14.7. The molecule has 1 saturated heterocycles. The monoisotopic (exact) mass is 281 g/mol. The molecule has 1 aliphatic rings. The van der Waals surface area contributed by atoms with Crippen LogP contribution in [-0.4, -0.2) is 30.5 Å². The second kappa shape index (κ2) is 6.62. The summed E-state index contributed by atoms with van der Waals surface area (Å²) in [5.74, 6) is 1.68. The van der Waals surface area contributed by atoms with Gasteiger partial charge in [0.25, 0.3) is 0 Å². The predicted molar refractivity (Wildman–Crippen MR) is 81.0 cm³/mol. The molecule has 0 aliphatic carbocycles. The van der Waals surface area contributed by atoms with Gasteiger partial charge < -0.3 is 4.74 Å². The van der Waals surface area contributed by atoms with Gasteiger partial charge in [0.2, 0.25) is 0 Å². The molecule has 1 aromatic rings. The van der Waals surface area contributed by atoms with E-state index < -0.39 is 0 Å². The summed E-state index contributed by atoms with van der Waals surface area (Å²) in [6.45, 7) is 7.50. The average Bonchev–Trinajstić information content (AvgIpc) is 2.39. The van der Waals surface area contributed by atoms with E-state index in [1.807, 2.05) is 0 Å². The van der Waals surface area contributed by atoms with E-state index in [2.05, 4.69) is 36.9 Å². The van der Waals surface area contributed by atoms with Gasteiger partial charge in [-0.2, -0.15) is 0 Å². The highest BCUT2D eigenvalue weighted by atomic mass is 35.5. The van der Waals surface area contributed by atoms with Gasteiger partial charge in [-0.1, -0.05) is 17.7 Å². The molecule has 0 N–H and O–H groups in total. The van der Waals surface area contributed by atoms with E-state index in [0.717, 1.165) is 25.4 Å². The van der Waals surface area contributed by atoms with Crippen LogP contribution in [0, 0.1) is 12.8 Å². The molecule has 1 atom stereocenters. The molecule has 2 rings (SSSR count). The summed E-state index contributed by atoms with van der Waals surface area (Å²) in [6.07, 6.45) is 2.41. The van der Waals surface area contributed by atoms with Gasteiger partial charge in [0.1, 0.15) is 5.75 Å². The summed E-state index contributed by atoms with van der Waals surface area (Å²) in [6, 6.07) is 6.40. The molecular weight excluding hydrogens is 258 g/mol. The molecule has 0 saturated carbocycles. The number of aryl methyl sites for hydroxylation is 1. The van der Waals surface area contributed by atoms with E-state index in [1.165, 1.54) is 24.0 Å². The van der Waals surface area contributed by atoms with Crippen molar-refractivity contribution in [2.75, 3.05) is 20.2 Å². The van der Waals surface area contributed by atoms with Crippen LogP contribution >= 0.6 is 11.6 Å². The van der Waals surface area contributed by atoms with Gasteiger partial charge in [-0.05, 0) is 51.8 Å². The maximum absolute atomic E-state index is 6.19. The fourth-order valence-electron chi connectivity index (χ4n) is 2.84. The Labute approximate surface area is 121 Å². The average molecular weight is 282 g/mol. The fraction of sp³-hybridized carbons (Fsp3) is 0.625. The number of hydrogen-bond donors (Lipinski definition) is 0. The third kappa shape index (κ3) is 3.87. The van der Waals surface area contributed by atoms with Crippen LogP contribution < -0.4 is 4.74 Å². The number of halogens is 1. The number of nitrogens with zero attached hydrogens (tertiary/aromatic N) is 1. The number of alkyl halides is 1. The van der Waals surface area contributed by atoms with Gasteiger partial charge in [-0.3, -0.25) is 4.90 Å². The van der Waals surface area contributed by atoms with Gasteiger partial charge in [-0.15, -0.1) is 11.6 Å². The number of benzene rings is 1. The zero-order valence-corrected chi connectivity index (χ0v) is 12.9. The van der Waals surface area contributed by atoms with Crippen LogP contribution in [0.4, 0.5) is 0 Å². The highest BCUT2D eigenvalue weighted by molar-refractivity contribution is 6.20. The van der Waals surface area contributed by atoms with Crippen molar-refractivity contribution in [1.29, 1.82) is 0 Å². The molecule has 0 amide bonds. The molecule has 0 radical (unpaired) electrons. The van der Waals surface area contributed by atoms with E-state index in [9.17, 15) is 0 Å². The number of ether oxygens (including phenoxy) is 1. The van der Waals surface area contributed by atoms with Crippen LogP contribution in [0.2, 0.25) is 0 Å². The second-order valence-electron chi connectivity index (χ2n) is 5.61. The number of rotatable bonds is 4. The summed E-state index contributed by atoms with van der Waals surface area (Å²) in [5, 5.41) is 0.302. The van der Waals surface area contributed by atoms with E-state index >= 15 is 0 Å². The first-order valence-electron chi connectivity index (χ1n) is 7.10. The van der Waals surface area contributed by atoms with Crippen LogP contribution in [0.25, 0.3) is 0 Å². The molecule has 106 valence electrons. The summed E-state index contributed by atoms with van der Waals surface area (Å²) >= 11 is 6.19. The number of hydrogen-bond acceptors (Lipinski definition) is 2. The molecule has 1 fully saturated rings. The quantitative estimate of drug-likeness (QED) is 0.778. The van der Waals surface area contributed by atoms with Gasteiger partial charge in [0.05, 0.1) is 7.11 Å². The summed E-state index contributed by atoms with van der Waals surface area (Å²) < 4.78 is 5.45. The first-order chi connectivity index (χ1) is 9.10. The van der Waals surface area contributed by atoms with Crippen LogP contribution in [-0.2, 0) is 6.54 Å². The van der Waals surface area contributed by atoms with Crippen molar-refractivity contribution in [2.45, 2.75) is 38.6 Å². The maximum Gasteiger partial charge on any atom is 0.123 e. The zero-order valence-electron chi connectivity index (χ0n) is 12.2.